The Hall–Kier alpha value is -4.39. The number of pyridine rings is 1. The monoisotopic (exact) mass is 648 g/mol. The van der Waals surface area contributed by atoms with Gasteiger partial charge in [-0.1, -0.05) is 42.5 Å². The fourth-order valence-corrected chi connectivity index (χ4v) is 6.17. The zero-order valence-corrected chi connectivity index (χ0v) is 25.7. The lowest BCUT2D eigenvalue weighted by atomic mass is 9.88. The van der Waals surface area contributed by atoms with Gasteiger partial charge in [-0.2, -0.15) is 22.7 Å². The van der Waals surface area contributed by atoms with Crippen LogP contribution in [0.15, 0.2) is 79.0 Å². The number of aromatic amines is 1. The quantitative estimate of drug-likeness (QED) is 0.110. The maximum Gasteiger partial charge on any atom is 0.393 e. The molecular formula is C35H36F4N6O2. The van der Waals surface area contributed by atoms with Gasteiger partial charge in [0.15, 0.2) is 5.78 Å². The molecule has 2 atom stereocenters. The van der Waals surface area contributed by atoms with E-state index in [1.165, 1.54) is 6.07 Å². The third-order valence-corrected chi connectivity index (χ3v) is 8.40. The molecule has 8 nitrogen and oxygen atoms in total. The summed E-state index contributed by atoms with van der Waals surface area (Å²) in [6.07, 6.45) is 0.813. The summed E-state index contributed by atoms with van der Waals surface area (Å²) in [6.45, 7) is 4.08. The van der Waals surface area contributed by atoms with Crippen LogP contribution in [0.1, 0.15) is 36.0 Å². The minimum absolute atomic E-state index is 0.0398. The first-order valence-corrected chi connectivity index (χ1v) is 15.7. The number of halogens is 4. The molecule has 0 bridgehead atoms. The molecule has 2 aromatic carbocycles. The van der Waals surface area contributed by atoms with Crippen LogP contribution in [0.4, 0.5) is 23.4 Å². The molecule has 2 aliphatic heterocycles. The van der Waals surface area contributed by atoms with E-state index in [9.17, 15) is 22.4 Å². The molecule has 0 saturated carbocycles. The summed E-state index contributed by atoms with van der Waals surface area (Å²) in [6, 6.07) is 16.8. The van der Waals surface area contributed by atoms with Crippen LogP contribution in [0.2, 0.25) is 0 Å². The molecule has 4 aromatic rings. The molecule has 0 spiro atoms. The van der Waals surface area contributed by atoms with Crippen LogP contribution >= 0.6 is 0 Å². The number of H-pyrrole nitrogens is 1. The number of piperidine rings is 1. The van der Waals surface area contributed by atoms with E-state index in [2.05, 4.69) is 30.7 Å². The molecule has 2 aliphatic rings. The van der Waals surface area contributed by atoms with Crippen LogP contribution in [0.3, 0.4) is 0 Å². The second-order valence-electron chi connectivity index (χ2n) is 11.8. The Morgan fingerprint density at radius 1 is 1.09 bits per heavy atom. The number of ether oxygens (including phenoxy) is 1. The first-order chi connectivity index (χ1) is 22.7. The first kappa shape index (κ1) is 32.5. The van der Waals surface area contributed by atoms with Crippen LogP contribution in [0.5, 0.6) is 0 Å². The van der Waals surface area contributed by atoms with Gasteiger partial charge in [0.2, 0.25) is 5.95 Å². The SMILES string of the molecule is O=C(/C=C/CN1CCC[C@@H](Nc2ccc(/C(=C(/CC(F)(F)F)c3ccccc3)c3ccc4n[nH]c(F)c4c3)cn2)C1)C1CNCCO1. The van der Waals surface area contributed by atoms with Crippen LogP contribution in [-0.2, 0) is 9.53 Å². The highest BCUT2D eigenvalue weighted by atomic mass is 19.4. The third kappa shape index (κ3) is 8.31. The maximum absolute atomic E-state index is 14.5. The molecule has 246 valence electrons. The number of likely N-dealkylation sites (tertiary alicyclic amines) is 1. The average molecular weight is 649 g/mol. The Morgan fingerprint density at radius 2 is 1.91 bits per heavy atom. The lowest BCUT2D eigenvalue weighted by Gasteiger charge is -2.32. The predicted molar refractivity (Wildman–Crippen MR) is 173 cm³/mol. The Morgan fingerprint density at radius 3 is 2.66 bits per heavy atom. The molecule has 2 aromatic heterocycles. The van der Waals surface area contributed by atoms with Gasteiger partial charge in [0, 0.05) is 44.0 Å². The number of nitrogens with zero attached hydrogens (tertiary/aromatic N) is 3. The number of hydrogen-bond acceptors (Lipinski definition) is 7. The second kappa shape index (κ2) is 14.6. The highest BCUT2D eigenvalue weighted by Crippen LogP contribution is 2.40. The average Bonchev–Trinajstić information content (AvgIpc) is 3.45. The molecule has 6 rings (SSSR count). The van der Waals surface area contributed by atoms with Crippen molar-refractivity contribution in [3.05, 3.63) is 102 Å². The van der Waals surface area contributed by atoms with Gasteiger partial charge in [0.1, 0.15) is 11.9 Å². The number of fused-ring (bicyclic) bond motifs is 1. The number of aromatic nitrogens is 3. The second-order valence-corrected chi connectivity index (χ2v) is 11.8. The maximum atomic E-state index is 14.5. The smallest absolute Gasteiger partial charge is 0.367 e. The summed E-state index contributed by atoms with van der Waals surface area (Å²) in [7, 11) is 0. The van der Waals surface area contributed by atoms with Crippen molar-refractivity contribution in [1.29, 1.82) is 0 Å². The molecular weight excluding hydrogens is 612 g/mol. The molecule has 3 N–H and O–H groups in total. The number of carbonyl (C=O) groups is 1. The highest BCUT2D eigenvalue weighted by molar-refractivity contribution is 6.00. The van der Waals surface area contributed by atoms with Gasteiger partial charge in [-0.15, -0.1) is 0 Å². The predicted octanol–water partition coefficient (Wildman–Crippen LogP) is 6.00. The Labute approximate surface area is 269 Å². The lowest BCUT2D eigenvalue weighted by molar-refractivity contribution is -0.127. The summed E-state index contributed by atoms with van der Waals surface area (Å²) in [5.74, 6) is -0.0989. The summed E-state index contributed by atoms with van der Waals surface area (Å²) < 4.78 is 62.2. The fourth-order valence-electron chi connectivity index (χ4n) is 6.17. The molecule has 2 saturated heterocycles. The summed E-state index contributed by atoms with van der Waals surface area (Å²) in [4.78, 5) is 19.3. The zero-order chi connectivity index (χ0) is 32.8. The van der Waals surface area contributed by atoms with Crippen LogP contribution < -0.4 is 10.6 Å². The number of alkyl halides is 3. The van der Waals surface area contributed by atoms with E-state index in [-0.39, 0.29) is 22.8 Å². The number of morpholine rings is 1. The van der Waals surface area contributed by atoms with Crippen molar-refractivity contribution in [3.63, 3.8) is 0 Å². The van der Waals surface area contributed by atoms with Crippen molar-refractivity contribution < 1.29 is 27.1 Å². The van der Waals surface area contributed by atoms with Gasteiger partial charge in [0.25, 0.3) is 0 Å². The molecule has 12 heteroatoms. The van der Waals surface area contributed by atoms with Gasteiger partial charge in [-0.05, 0) is 72.0 Å². The standard InChI is InChI=1S/C35H36F4N6O2/c36-34-27-18-24(10-12-29(27)43-44-34)33(28(19-35(37,38)39)23-6-2-1-3-7-23)25-11-13-32(41-20-25)42-26-8-4-15-45(22-26)16-5-9-30(46)31-21-40-14-17-47-31/h1-3,5-7,9-13,18,20,26,31,40H,4,8,14-17,19,21-22H2,(H,41,42)(H,43,44)/b9-5+,33-28-/t26-,31?/m1/s1. The molecule has 4 heterocycles. The van der Waals surface area contributed by atoms with Crippen molar-refractivity contribution in [2.75, 3.05) is 44.6 Å². The van der Waals surface area contributed by atoms with Gasteiger partial charge < -0.3 is 15.4 Å². The van der Waals surface area contributed by atoms with E-state index in [0.29, 0.717) is 53.3 Å². The number of nitrogens with one attached hydrogen (secondary N) is 3. The summed E-state index contributed by atoms with van der Waals surface area (Å²) in [5.41, 5.74) is 2.05. The number of hydrogen-bond donors (Lipinski definition) is 3. The van der Waals surface area contributed by atoms with Gasteiger partial charge in [-0.3, -0.25) is 14.8 Å². The zero-order valence-electron chi connectivity index (χ0n) is 25.7. The largest absolute Gasteiger partial charge is 0.393 e. The van der Waals surface area contributed by atoms with E-state index in [1.54, 1.807) is 66.9 Å². The number of rotatable bonds is 10. The first-order valence-electron chi connectivity index (χ1n) is 15.7. The highest BCUT2D eigenvalue weighted by Gasteiger charge is 2.32. The lowest BCUT2D eigenvalue weighted by Crippen LogP contribution is -2.43. The Bertz CT molecular complexity index is 1730. The minimum Gasteiger partial charge on any atom is -0.367 e. The van der Waals surface area contributed by atoms with Gasteiger partial charge in [-0.25, -0.2) is 4.98 Å². The van der Waals surface area contributed by atoms with Crippen molar-refractivity contribution in [3.8, 4) is 0 Å². The number of benzene rings is 2. The van der Waals surface area contributed by atoms with Crippen LogP contribution in [-0.4, -0.2) is 83.5 Å². The Kier molecular flexibility index (Phi) is 10.1. The van der Waals surface area contributed by atoms with E-state index in [0.717, 1.165) is 32.5 Å². The van der Waals surface area contributed by atoms with Crippen LogP contribution in [0.25, 0.3) is 22.0 Å². The number of allylic oxidation sites excluding steroid dienone is 1. The van der Waals surface area contributed by atoms with E-state index >= 15 is 0 Å². The molecule has 2 fully saturated rings. The van der Waals surface area contributed by atoms with Gasteiger partial charge >= 0.3 is 6.18 Å². The van der Waals surface area contributed by atoms with E-state index in [1.807, 2.05) is 6.08 Å². The fraction of sp³-hybridized carbons (Fsp3) is 0.343. The molecule has 47 heavy (non-hydrogen) atoms. The number of carbonyl (C=O) groups excluding carboxylic acids is 1. The summed E-state index contributed by atoms with van der Waals surface area (Å²) in [5, 5.41) is 13.0. The Balaban J connectivity index is 1.23. The number of ketones is 1. The van der Waals surface area contributed by atoms with Gasteiger partial charge in [0.05, 0.1) is 23.9 Å². The third-order valence-electron chi connectivity index (χ3n) is 8.40. The minimum atomic E-state index is -4.49. The molecule has 0 amide bonds. The molecule has 1 unspecified atom stereocenters. The van der Waals surface area contributed by atoms with Crippen molar-refractivity contribution in [2.24, 2.45) is 0 Å². The van der Waals surface area contributed by atoms with Crippen LogP contribution in [0, 0.1) is 5.95 Å². The van der Waals surface area contributed by atoms with Crippen molar-refractivity contribution in [2.45, 2.75) is 37.6 Å². The topological polar surface area (TPSA) is 95.2 Å². The normalized spacial score (nSPS) is 20.0. The number of anilines is 1. The van der Waals surface area contributed by atoms with E-state index < -0.39 is 24.6 Å². The van der Waals surface area contributed by atoms with Crippen molar-refractivity contribution >= 4 is 33.7 Å². The molecule has 0 aliphatic carbocycles. The molecule has 0 radical (unpaired) electrons. The summed E-state index contributed by atoms with van der Waals surface area (Å²) >= 11 is 0. The van der Waals surface area contributed by atoms with Crippen molar-refractivity contribution in [1.82, 2.24) is 25.4 Å². The van der Waals surface area contributed by atoms with E-state index in [4.69, 9.17) is 4.74 Å².